The van der Waals surface area contributed by atoms with Crippen molar-refractivity contribution in [1.82, 2.24) is 10.2 Å². The van der Waals surface area contributed by atoms with Crippen molar-refractivity contribution in [3.8, 4) is 17.0 Å². The third-order valence-electron chi connectivity index (χ3n) is 2.89. The molecule has 0 fully saturated rings. The zero-order valence-corrected chi connectivity index (χ0v) is 10.7. The first-order chi connectivity index (χ1) is 8.65. The Hall–Kier alpha value is -2.10. The Balaban J connectivity index is 2.52. The highest BCUT2D eigenvalue weighted by Crippen LogP contribution is 2.31. The molecular formula is C14H16N2O2. The van der Waals surface area contributed by atoms with Gasteiger partial charge in [0.2, 0.25) is 0 Å². The van der Waals surface area contributed by atoms with Gasteiger partial charge in [-0.05, 0) is 29.7 Å². The molecule has 2 aromatic rings. The van der Waals surface area contributed by atoms with Gasteiger partial charge in [-0.1, -0.05) is 19.9 Å². The van der Waals surface area contributed by atoms with Crippen LogP contribution in [0.15, 0.2) is 24.3 Å². The molecule has 0 aliphatic rings. The summed E-state index contributed by atoms with van der Waals surface area (Å²) in [6.07, 6.45) is 0.745. The van der Waals surface area contributed by atoms with E-state index in [1.807, 2.05) is 18.2 Å². The minimum absolute atomic E-state index is 0.430. The predicted molar refractivity (Wildman–Crippen MR) is 70.1 cm³/mol. The van der Waals surface area contributed by atoms with Crippen molar-refractivity contribution in [2.24, 2.45) is 0 Å². The molecule has 0 aliphatic heterocycles. The van der Waals surface area contributed by atoms with Crippen LogP contribution in [-0.2, 0) is 0 Å². The standard InChI is InChI=1S/C14H16N2O2/c1-9(2)10-4-5-14(18-3)12(6-10)13-7-11(8-17)15-16-13/h4-9H,1-3H3,(H,15,16). The van der Waals surface area contributed by atoms with Gasteiger partial charge in [0, 0.05) is 5.56 Å². The first kappa shape index (κ1) is 12.4. The topological polar surface area (TPSA) is 55.0 Å². The Bertz CT molecular complexity index is 559. The van der Waals surface area contributed by atoms with E-state index in [4.69, 9.17) is 4.74 Å². The second-order valence-electron chi connectivity index (χ2n) is 4.44. The summed E-state index contributed by atoms with van der Waals surface area (Å²) in [5, 5.41) is 6.81. The van der Waals surface area contributed by atoms with Crippen molar-refractivity contribution in [3.63, 3.8) is 0 Å². The van der Waals surface area contributed by atoms with E-state index in [-0.39, 0.29) is 0 Å². The van der Waals surface area contributed by atoms with Gasteiger partial charge in [-0.25, -0.2) is 0 Å². The van der Waals surface area contributed by atoms with Gasteiger partial charge in [-0.15, -0.1) is 0 Å². The van der Waals surface area contributed by atoms with Crippen LogP contribution in [0.1, 0.15) is 35.8 Å². The molecule has 4 nitrogen and oxygen atoms in total. The fourth-order valence-corrected chi connectivity index (χ4v) is 1.82. The zero-order chi connectivity index (χ0) is 13.1. The van der Waals surface area contributed by atoms with Crippen LogP contribution in [0.5, 0.6) is 5.75 Å². The van der Waals surface area contributed by atoms with Crippen LogP contribution < -0.4 is 4.74 Å². The highest BCUT2D eigenvalue weighted by molar-refractivity contribution is 5.77. The van der Waals surface area contributed by atoms with Crippen molar-refractivity contribution < 1.29 is 9.53 Å². The van der Waals surface area contributed by atoms with E-state index in [0.29, 0.717) is 11.6 Å². The number of aldehydes is 1. The lowest BCUT2D eigenvalue weighted by Crippen LogP contribution is -1.93. The molecule has 0 spiro atoms. The summed E-state index contributed by atoms with van der Waals surface area (Å²) in [7, 11) is 1.63. The zero-order valence-electron chi connectivity index (χ0n) is 10.7. The van der Waals surface area contributed by atoms with Gasteiger partial charge in [-0.2, -0.15) is 5.10 Å². The number of hydrogen-bond donors (Lipinski definition) is 1. The monoisotopic (exact) mass is 244 g/mol. The summed E-state index contributed by atoms with van der Waals surface area (Å²) >= 11 is 0. The van der Waals surface area contributed by atoms with Crippen LogP contribution >= 0.6 is 0 Å². The number of carbonyl (C=O) groups is 1. The molecule has 0 radical (unpaired) electrons. The highest BCUT2D eigenvalue weighted by Gasteiger charge is 2.11. The normalized spacial score (nSPS) is 10.7. The van der Waals surface area contributed by atoms with E-state index in [1.54, 1.807) is 13.2 Å². The first-order valence-corrected chi connectivity index (χ1v) is 5.84. The Morgan fingerprint density at radius 2 is 2.11 bits per heavy atom. The summed E-state index contributed by atoms with van der Waals surface area (Å²) in [5.74, 6) is 1.18. The fraction of sp³-hybridized carbons (Fsp3) is 0.286. The van der Waals surface area contributed by atoms with E-state index in [2.05, 4.69) is 24.0 Å². The van der Waals surface area contributed by atoms with Gasteiger partial charge in [-0.3, -0.25) is 9.89 Å². The Kier molecular flexibility index (Phi) is 3.46. The number of aromatic amines is 1. The Morgan fingerprint density at radius 1 is 1.33 bits per heavy atom. The molecule has 0 amide bonds. The number of ether oxygens (including phenoxy) is 1. The van der Waals surface area contributed by atoms with E-state index < -0.39 is 0 Å². The lowest BCUT2D eigenvalue weighted by Gasteiger charge is -2.11. The number of methoxy groups -OCH3 is 1. The molecule has 1 aromatic heterocycles. The summed E-state index contributed by atoms with van der Waals surface area (Å²) in [6.45, 7) is 4.26. The summed E-state index contributed by atoms with van der Waals surface area (Å²) in [5.41, 5.74) is 3.29. The number of carbonyl (C=O) groups excluding carboxylic acids is 1. The third-order valence-corrected chi connectivity index (χ3v) is 2.89. The molecule has 1 heterocycles. The van der Waals surface area contributed by atoms with Gasteiger partial charge in [0.15, 0.2) is 6.29 Å². The first-order valence-electron chi connectivity index (χ1n) is 5.84. The second kappa shape index (κ2) is 5.04. The fourth-order valence-electron chi connectivity index (χ4n) is 1.82. The van der Waals surface area contributed by atoms with Crippen LogP contribution in [0.4, 0.5) is 0 Å². The highest BCUT2D eigenvalue weighted by atomic mass is 16.5. The molecule has 0 aliphatic carbocycles. The van der Waals surface area contributed by atoms with Crippen LogP contribution in [-0.4, -0.2) is 23.6 Å². The van der Waals surface area contributed by atoms with Gasteiger partial charge in [0.1, 0.15) is 5.75 Å². The van der Waals surface area contributed by atoms with E-state index in [1.165, 1.54) is 5.56 Å². The average Bonchev–Trinajstić information content (AvgIpc) is 2.86. The minimum atomic E-state index is 0.430. The van der Waals surface area contributed by atoms with Crippen molar-refractivity contribution in [2.45, 2.75) is 19.8 Å². The molecule has 94 valence electrons. The quantitative estimate of drug-likeness (QED) is 0.841. The number of benzene rings is 1. The Morgan fingerprint density at radius 3 is 2.67 bits per heavy atom. The number of nitrogens with one attached hydrogen (secondary N) is 1. The second-order valence-corrected chi connectivity index (χ2v) is 4.44. The molecule has 0 unspecified atom stereocenters. The largest absolute Gasteiger partial charge is 0.496 e. The van der Waals surface area contributed by atoms with Crippen LogP contribution in [0.25, 0.3) is 11.3 Å². The third kappa shape index (κ3) is 2.27. The molecule has 2 rings (SSSR count). The van der Waals surface area contributed by atoms with Crippen molar-refractivity contribution in [1.29, 1.82) is 0 Å². The summed E-state index contributed by atoms with van der Waals surface area (Å²) < 4.78 is 5.34. The van der Waals surface area contributed by atoms with E-state index >= 15 is 0 Å². The van der Waals surface area contributed by atoms with Gasteiger partial charge >= 0.3 is 0 Å². The lowest BCUT2D eigenvalue weighted by atomic mass is 9.99. The molecule has 4 heteroatoms. The number of hydrogen-bond acceptors (Lipinski definition) is 3. The molecular weight excluding hydrogens is 228 g/mol. The maximum absolute atomic E-state index is 10.7. The number of rotatable bonds is 4. The van der Waals surface area contributed by atoms with Gasteiger partial charge in [0.25, 0.3) is 0 Å². The summed E-state index contributed by atoms with van der Waals surface area (Å²) in [4.78, 5) is 10.7. The predicted octanol–water partition coefficient (Wildman–Crippen LogP) is 3.02. The average molecular weight is 244 g/mol. The smallest absolute Gasteiger partial charge is 0.167 e. The molecule has 0 saturated carbocycles. The SMILES string of the molecule is COc1ccc(C(C)C)cc1-c1cc(C=O)[nH]n1. The van der Waals surface area contributed by atoms with Crippen molar-refractivity contribution >= 4 is 6.29 Å². The molecule has 18 heavy (non-hydrogen) atoms. The minimum Gasteiger partial charge on any atom is -0.496 e. The molecule has 0 bridgehead atoms. The maximum Gasteiger partial charge on any atom is 0.167 e. The van der Waals surface area contributed by atoms with E-state index in [9.17, 15) is 4.79 Å². The number of aromatic nitrogens is 2. The van der Waals surface area contributed by atoms with Gasteiger partial charge in [0.05, 0.1) is 18.5 Å². The van der Waals surface area contributed by atoms with Crippen molar-refractivity contribution in [3.05, 3.63) is 35.5 Å². The molecule has 0 atom stereocenters. The number of nitrogens with zero attached hydrogens (tertiary/aromatic N) is 1. The van der Waals surface area contributed by atoms with Crippen molar-refractivity contribution in [2.75, 3.05) is 7.11 Å². The van der Waals surface area contributed by atoms with E-state index in [0.717, 1.165) is 23.3 Å². The number of H-pyrrole nitrogens is 1. The van der Waals surface area contributed by atoms with Crippen LogP contribution in [0, 0.1) is 0 Å². The van der Waals surface area contributed by atoms with Gasteiger partial charge < -0.3 is 4.74 Å². The van der Waals surface area contributed by atoms with Crippen LogP contribution in [0.3, 0.4) is 0 Å². The van der Waals surface area contributed by atoms with Crippen LogP contribution in [0.2, 0.25) is 0 Å². The molecule has 1 N–H and O–H groups in total. The summed E-state index contributed by atoms with van der Waals surface area (Å²) in [6, 6.07) is 7.74. The molecule has 0 saturated heterocycles. The maximum atomic E-state index is 10.7. The molecule has 1 aromatic carbocycles. The lowest BCUT2D eigenvalue weighted by molar-refractivity contribution is 0.111. The Labute approximate surface area is 106 Å².